The SMILES string of the molecule is O=c1[nH]cnc2c1c(N1CCC(CO)CC1)cn2-c1ccc2c(c1)ncn2C1CCCCC1. The lowest BCUT2D eigenvalue weighted by molar-refractivity contribution is 0.203. The molecule has 2 fully saturated rings. The van der Waals surface area contributed by atoms with Gasteiger partial charge in [-0.15, -0.1) is 0 Å². The standard InChI is InChI=1S/C25H30N6O2/c32-14-17-8-10-29(11-9-17)22-13-30(24-23(22)25(33)27-15-26-24)19-6-7-21-20(12-19)28-16-31(21)18-4-2-1-3-5-18/h6-7,12-13,15-18,32H,1-5,8-11,14H2,(H,26,27,33). The molecule has 8 nitrogen and oxygen atoms in total. The molecule has 4 aromatic rings. The minimum atomic E-state index is -0.124. The number of anilines is 1. The summed E-state index contributed by atoms with van der Waals surface area (Å²) in [6.45, 7) is 1.87. The number of aromatic amines is 1. The quantitative estimate of drug-likeness (QED) is 0.498. The summed E-state index contributed by atoms with van der Waals surface area (Å²) in [5, 5.41) is 10.1. The molecule has 2 aliphatic rings. The summed E-state index contributed by atoms with van der Waals surface area (Å²) >= 11 is 0. The van der Waals surface area contributed by atoms with Crippen LogP contribution in [0.1, 0.15) is 51.0 Å². The van der Waals surface area contributed by atoms with Gasteiger partial charge in [0.15, 0.2) is 5.65 Å². The number of imidazole rings is 1. The van der Waals surface area contributed by atoms with Crippen LogP contribution in [0, 0.1) is 5.92 Å². The first-order valence-electron chi connectivity index (χ1n) is 12.1. The van der Waals surface area contributed by atoms with Gasteiger partial charge in [0.2, 0.25) is 0 Å². The normalized spacial score (nSPS) is 18.5. The lowest BCUT2D eigenvalue weighted by Gasteiger charge is -2.32. The molecule has 1 aliphatic heterocycles. The molecular weight excluding hydrogens is 416 g/mol. The van der Waals surface area contributed by atoms with Gasteiger partial charge in [-0.25, -0.2) is 9.97 Å². The summed E-state index contributed by atoms with van der Waals surface area (Å²) in [6, 6.07) is 6.89. The molecule has 0 spiro atoms. The predicted octanol–water partition coefficient (Wildman–Crippen LogP) is 3.78. The van der Waals surface area contributed by atoms with E-state index in [1.807, 2.05) is 17.1 Å². The second kappa shape index (κ2) is 8.33. The summed E-state index contributed by atoms with van der Waals surface area (Å²) in [5.74, 6) is 0.340. The van der Waals surface area contributed by atoms with Crippen molar-refractivity contribution in [2.75, 3.05) is 24.6 Å². The molecule has 33 heavy (non-hydrogen) atoms. The zero-order valence-corrected chi connectivity index (χ0v) is 18.8. The van der Waals surface area contributed by atoms with Crippen molar-refractivity contribution >= 4 is 27.8 Å². The smallest absolute Gasteiger partial charge is 0.262 e. The van der Waals surface area contributed by atoms with E-state index >= 15 is 0 Å². The summed E-state index contributed by atoms with van der Waals surface area (Å²) in [4.78, 5) is 27.1. The lowest BCUT2D eigenvalue weighted by atomic mass is 9.95. The van der Waals surface area contributed by atoms with Gasteiger partial charge in [-0.2, -0.15) is 0 Å². The molecule has 0 unspecified atom stereocenters. The Morgan fingerprint density at radius 3 is 2.67 bits per heavy atom. The van der Waals surface area contributed by atoms with Crippen LogP contribution in [0.3, 0.4) is 0 Å². The number of H-pyrrole nitrogens is 1. The van der Waals surface area contributed by atoms with Crippen molar-refractivity contribution in [1.82, 2.24) is 24.1 Å². The molecule has 172 valence electrons. The fourth-order valence-electron chi connectivity index (χ4n) is 5.67. The first kappa shape index (κ1) is 20.5. The van der Waals surface area contributed by atoms with E-state index in [-0.39, 0.29) is 12.2 Å². The number of piperidine rings is 1. The van der Waals surface area contributed by atoms with Gasteiger partial charge in [-0.1, -0.05) is 19.3 Å². The number of aliphatic hydroxyl groups excluding tert-OH is 1. The molecule has 4 heterocycles. The Hall–Kier alpha value is -3.13. The van der Waals surface area contributed by atoms with Crippen LogP contribution in [0.15, 0.2) is 41.8 Å². The number of fused-ring (bicyclic) bond motifs is 2. The third-order valence-electron chi connectivity index (χ3n) is 7.59. The van der Waals surface area contributed by atoms with E-state index in [2.05, 4.69) is 37.6 Å². The molecule has 8 heteroatoms. The summed E-state index contributed by atoms with van der Waals surface area (Å²) in [7, 11) is 0. The number of aromatic nitrogens is 5. The Morgan fingerprint density at radius 2 is 1.88 bits per heavy atom. The van der Waals surface area contributed by atoms with Crippen LogP contribution in [0.5, 0.6) is 0 Å². The maximum atomic E-state index is 12.8. The molecular formula is C25H30N6O2. The molecule has 0 atom stereocenters. The maximum absolute atomic E-state index is 12.8. The molecule has 3 aromatic heterocycles. The van der Waals surface area contributed by atoms with Crippen LogP contribution in [-0.2, 0) is 0 Å². The Kier molecular flexibility index (Phi) is 5.17. The van der Waals surface area contributed by atoms with Crippen LogP contribution < -0.4 is 10.5 Å². The van der Waals surface area contributed by atoms with E-state index < -0.39 is 0 Å². The minimum Gasteiger partial charge on any atom is -0.396 e. The highest BCUT2D eigenvalue weighted by molar-refractivity contribution is 5.92. The Labute approximate surface area is 191 Å². The predicted molar refractivity (Wildman–Crippen MR) is 129 cm³/mol. The van der Waals surface area contributed by atoms with Crippen molar-refractivity contribution < 1.29 is 5.11 Å². The second-order valence-corrected chi connectivity index (χ2v) is 9.54. The van der Waals surface area contributed by atoms with Crippen molar-refractivity contribution in [2.24, 2.45) is 5.92 Å². The highest BCUT2D eigenvalue weighted by Crippen LogP contribution is 2.34. The number of nitrogens with one attached hydrogen (secondary N) is 1. The van der Waals surface area contributed by atoms with Crippen molar-refractivity contribution in [3.05, 3.63) is 47.4 Å². The van der Waals surface area contributed by atoms with Crippen molar-refractivity contribution in [1.29, 1.82) is 0 Å². The zero-order valence-electron chi connectivity index (χ0n) is 18.8. The number of benzene rings is 1. The van der Waals surface area contributed by atoms with Gasteiger partial charge in [0.25, 0.3) is 5.56 Å². The largest absolute Gasteiger partial charge is 0.396 e. The first-order valence-corrected chi connectivity index (χ1v) is 12.1. The van der Waals surface area contributed by atoms with Gasteiger partial charge >= 0.3 is 0 Å². The molecule has 0 radical (unpaired) electrons. The summed E-state index contributed by atoms with van der Waals surface area (Å²) < 4.78 is 4.35. The van der Waals surface area contributed by atoms with Crippen LogP contribution in [0.4, 0.5) is 5.69 Å². The minimum absolute atomic E-state index is 0.124. The Bertz CT molecular complexity index is 1340. The maximum Gasteiger partial charge on any atom is 0.262 e. The van der Waals surface area contributed by atoms with E-state index in [1.165, 1.54) is 43.9 Å². The molecule has 0 bridgehead atoms. The van der Waals surface area contributed by atoms with Gasteiger partial charge in [0.1, 0.15) is 5.39 Å². The fraction of sp³-hybridized carbons (Fsp3) is 0.480. The lowest BCUT2D eigenvalue weighted by Crippen LogP contribution is -2.35. The average Bonchev–Trinajstić information content (AvgIpc) is 3.47. The monoisotopic (exact) mass is 446 g/mol. The van der Waals surface area contributed by atoms with Crippen LogP contribution in [0.25, 0.3) is 27.8 Å². The van der Waals surface area contributed by atoms with E-state index in [0.29, 0.717) is 23.0 Å². The Balaban J connectivity index is 1.41. The zero-order chi connectivity index (χ0) is 22.4. The number of rotatable bonds is 4. The number of aliphatic hydroxyl groups is 1. The van der Waals surface area contributed by atoms with E-state index in [9.17, 15) is 9.90 Å². The topological polar surface area (TPSA) is 92.0 Å². The average molecular weight is 447 g/mol. The Morgan fingerprint density at radius 1 is 1.06 bits per heavy atom. The van der Waals surface area contributed by atoms with E-state index in [0.717, 1.165) is 42.8 Å². The molecule has 1 aromatic carbocycles. The van der Waals surface area contributed by atoms with Gasteiger partial charge < -0.3 is 19.6 Å². The third kappa shape index (κ3) is 3.53. The van der Waals surface area contributed by atoms with E-state index in [4.69, 9.17) is 4.98 Å². The first-order chi connectivity index (χ1) is 16.2. The highest BCUT2D eigenvalue weighted by atomic mass is 16.3. The highest BCUT2D eigenvalue weighted by Gasteiger charge is 2.24. The third-order valence-corrected chi connectivity index (χ3v) is 7.59. The molecule has 0 amide bonds. The molecule has 1 saturated carbocycles. The summed E-state index contributed by atoms with van der Waals surface area (Å²) in [5.41, 5.74) is 4.53. The molecule has 1 aliphatic carbocycles. The van der Waals surface area contributed by atoms with Crippen LogP contribution in [0.2, 0.25) is 0 Å². The van der Waals surface area contributed by atoms with Gasteiger partial charge in [0.05, 0.1) is 29.4 Å². The number of hydrogen-bond acceptors (Lipinski definition) is 5. The molecule has 1 saturated heterocycles. The molecule has 2 N–H and O–H groups in total. The van der Waals surface area contributed by atoms with Gasteiger partial charge in [-0.3, -0.25) is 9.36 Å². The van der Waals surface area contributed by atoms with E-state index in [1.54, 1.807) is 0 Å². The second-order valence-electron chi connectivity index (χ2n) is 9.54. The van der Waals surface area contributed by atoms with Gasteiger partial charge in [-0.05, 0) is 49.8 Å². The van der Waals surface area contributed by atoms with Gasteiger partial charge in [0, 0.05) is 37.6 Å². The number of nitrogens with zero attached hydrogens (tertiary/aromatic N) is 5. The fourth-order valence-corrected chi connectivity index (χ4v) is 5.67. The van der Waals surface area contributed by atoms with Crippen molar-refractivity contribution in [3.8, 4) is 5.69 Å². The van der Waals surface area contributed by atoms with Crippen molar-refractivity contribution in [2.45, 2.75) is 51.0 Å². The molecule has 6 rings (SSSR count). The van der Waals surface area contributed by atoms with Crippen LogP contribution in [-0.4, -0.2) is 48.9 Å². The number of hydrogen-bond donors (Lipinski definition) is 2. The van der Waals surface area contributed by atoms with Crippen molar-refractivity contribution in [3.63, 3.8) is 0 Å². The summed E-state index contributed by atoms with van der Waals surface area (Å²) in [6.07, 6.45) is 13.7. The van der Waals surface area contributed by atoms with Crippen LogP contribution >= 0.6 is 0 Å².